The molecule has 0 atom stereocenters. The number of hydrogen-bond acceptors (Lipinski definition) is 4. The quantitative estimate of drug-likeness (QED) is 0.897. The highest BCUT2D eigenvalue weighted by Gasteiger charge is 2.20. The van der Waals surface area contributed by atoms with Gasteiger partial charge in [0.15, 0.2) is 5.76 Å². The van der Waals surface area contributed by atoms with E-state index < -0.39 is 0 Å². The molecule has 4 nitrogen and oxygen atoms in total. The fourth-order valence-corrected chi connectivity index (χ4v) is 2.02. The SMILES string of the molecule is COc1ccc(C(C)(C)C)cc1-c1oc(N)nc1C. The van der Waals surface area contributed by atoms with Gasteiger partial charge in [-0.15, -0.1) is 0 Å². The molecule has 0 bridgehead atoms. The summed E-state index contributed by atoms with van der Waals surface area (Å²) in [6, 6.07) is 6.27. The maximum absolute atomic E-state index is 5.61. The summed E-state index contributed by atoms with van der Waals surface area (Å²) >= 11 is 0. The fraction of sp³-hybridized carbons (Fsp3) is 0.400. The summed E-state index contributed by atoms with van der Waals surface area (Å²) in [5.41, 5.74) is 8.53. The monoisotopic (exact) mass is 260 g/mol. The second-order valence-corrected chi connectivity index (χ2v) is 5.63. The van der Waals surface area contributed by atoms with Gasteiger partial charge in [0, 0.05) is 0 Å². The van der Waals surface area contributed by atoms with Gasteiger partial charge in [-0.25, -0.2) is 0 Å². The van der Waals surface area contributed by atoms with Gasteiger partial charge in [-0.2, -0.15) is 4.98 Å². The van der Waals surface area contributed by atoms with E-state index in [0.29, 0.717) is 5.76 Å². The van der Waals surface area contributed by atoms with E-state index in [1.165, 1.54) is 5.56 Å². The molecule has 102 valence electrons. The van der Waals surface area contributed by atoms with Gasteiger partial charge in [0.1, 0.15) is 5.75 Å². The maximum atomic E-state index is 5.61. The zero-order chi connectivity index (χ0) is 14.2. The summed E-state index contributed by atoms with van der Waals surface area (Å²) in [6.45, 7) is 8.37. The van der Waals surface area contributed by atoms with Crippen LogP contribution in [0.4, 0.5) is 6.01 Å². The van der Waals surface area contributed by atoms with Crippen LogP contribution in [-0.4, -0.2) is 12.1 Å². The third-order valence-corrected chi connectivity index (χ3v) is 3.12. The Morgan fingerprint density at radius 1 is 1.26 bits per heavy atom. The minimum absolute atomic E-state index is 0.0560. The van der Waals surface area contributed by atoms with Gasteiger partial charge in [-0.3, -0.25) is 0 Å². The van der Waals surface area contributed by atoms with E-state index in [4.69, 9.17) is 14.9 Å². The van der Waals surface area contributed by atoms with E-state index in [0.717, 1.165) is 17.0 Å². The summed E-state index contributed by atoms with van der Waals surface area (Å²) in [4.78, 5) is 4.11. The highest BCUT2D eigenvalue weighted by molar-refractivity contribution is 5.69. The Kier molecular flexibility index (Phi) is 3.27. The van der Waals surface area contributed by atoms with Crippen molar-refractivity contribution in [3.63, 3.8) is 0 Å². The molecule has 0 unspecified atom stereocenters. The van der Waals surface area contributed by atoms with Crippen LogP contribution in [0.25, 0.3) is 11.3 Å². The van der Waals surface area contributed by atoms with Crippen LogP contribution < -0.4 is 10.5 Å². The van der Waals surface area contributed by atoms with Gasteiger partial charge < -0.3 is 14.9 Å². The molecular weight excluding hydrogens is 240 g/mol. The molecule has 0 saturated heterocycles. The summed E-state index contributed by atoms with van der Waals surface area (Å²) in [5, 5.41) is 0. The van der Waals surface area contributed by atoms with Gasteiger partial charge in [0.05, 0.1) is 18.4 Å². The molecule has 2 rings (SSSR count). The van der Waals surface area contributed by atoms with Crippen LogP contribution in [0.3, 0.4) is 0 Å². The maximum Gasteiger partial charge on any atom is 0.292 e. The molecule has 4 heteroatoms. The molecule has 0 radical (unpaired) electrons. The molecule has 1 aromatic carbocycles. The van der Waals surface area contributed by atoms with Crippen molar-refractivity contribution in [1.82, 2.24) is 4.98 Å². The van der Waals surface area contributed by atoms with E-state index in [-0.39, 0.29) is 11.4 Å². The number of nitrogens with zero attached hydrogens (tertiary/aromatic N) is 1. The zero-order valence-electron chi connectivity index (χ0n) is 12.1. The summed E-state index contributed by atoms with van der Waals surface area (Å²) in [7, 11) is 1.64. The van der Waals surface area contributed by atoms with Crippen molar-refractivity contribution in [3.05, 3.63) is 29.5 Å². The van der Waals surface area contributed by atoms with E-state index in [1.54, 1.807) is 7.11 Å². The lowest BCUT2D eigenvalue weighted by Crippen LogP contribution is -2.11. The number of nitrogens with two attached hydrogens (primary N) is 1. The van der Waals surface area contributed by atoms with Crippen molar-refractivity contribution in [1.29, 1.82) is 0 Å². The molecule has 0 aliphatic rings. The van der Waals surface area contributed by atoms with Crippen LogP contribution in [0.15, 0.2) is 22.6 Å². The average molecular weight is 260 g/mol. The molecule has 2 aromatic rings. The second-order valence-electron chi connectivity index (χ2n) is 5.63. The molecule has 2 N–H and O–H groups in total. The number of ether oxygens (including phenoxy) is 1. The number of aromatic nitrogens is 1. The number of benzene rings is 1. The number of oxazole rings is 1. The number of anilines is 1. The predicted molar refractivity (Wildman–Crippen MR) is 76.3 cm³/mol. The zero-order valence-corrected chi connectivity index (χ0v) is 12.1. The Hall–Kier alpha value is -1.97. The highest BCUT2D eigenvalue weighted by Crippen LogP contribution is 2.36. The van der Waals surface area contributed by atoms with Crippen molar-refractivity contribution in [2.75, 3.05) is 12.8 Å². The summed E-state index contributed by atoms with van der Waals surface area (Å²) in [5.74, 6) is 1.42. The van der Waals surface area contributed by atoms with Gasteiger partial charge >= 0.3 is 0 Å². The van der Waals surface area contributed by atoms with Crippen LogP contribution in [0.2, 0.25) is 0 Å². The Balaban J connectivity index is 2.63. The Morgan fingerprint density at radius 3 is 2.42 bits per heavy atom. The van der Waals surface area contributed by atoms with Crippen molar-refractivity contribution in [2.45, 2.75) is 33.1 Å². The van der Waals surface area contributed by atoms with Crippen LogP contribution in [-0.2, 0) is 5.41 Å². The lowest BCUT2D eigenvalue weighted by atomic mass is 9.85. The molecule has 1 heterocycles. The second kappa shape index (κ2) is 4.61. The highest BCUT2D eigenvalue weighted by atomic mass is 16.5. The predicted octanol–water partition coefficient (Wildman–Crippen LogP) is 3.54. The molecule has 0 aliphatic heterocycles. The third kappa shape index (κ3) is 2.57. The third-order valence-electron chi connectivity index (χ3n) is 3.12. The summed E-state index contributed by atoms with van der Waals surface area (Å²) in [6.07, 6.45) is 0. The molecule has 0 spiro atoms. The number of rotatable bonds is 2. The van der Waals surface area contributed by atoms with E-state index in [1.807, 2.05) is 13.0 Å². The largest absolute Gasteiger partial charge is 0.496 e. The molecule has 19 heavy (non-hydrogen) atoms. The van der Waals surface area contributed by atoms with Gasteiger partial charge in [0.2, 0.25) is 0 Å². The van der Waals surface area contributed by atoms with Gasteiger partial charge in [-0.05, 0) is 30.0 Å². The molecular formula is C15H20N2O2. The average Bonchev–Trinajstić information content (AvgIpc) is 2.66. The van der Waals surface area contributed by atoms with Crippen LogP contribution in [0.1, 0.15) is 32.0 Å². The minimum Gasteiger partial charge on any atom is -0.496 e. The Morgan fingerprint density at radius 2 is 1.95 bits per heavy atom. The first-order chi connectivity index (χ1) is 8.82. The van der Waals surface area contributed by atoms with Crippen LogP contribution in [0, 0.1) is 6.92 Å². The fourth-order valence-electron chi connectivity index (χ4n) is 2.02. The minimum atomic E-state index is 0.0560. The molecule has 0 saturated carbocycles. The first-order valence-corrected chi connectivity index (χ1v) is 6.24. The number of methoxy groups -OCH3 is 1. The topological polar surface area (TPSA) is 61.3 Å². The molecule has 0 aliphatic carbocycles. The van der Waals surface area contributed by atoms with E-state index >= 15 is 0 Å². The summed E-state index contributed by atoms with van der Waals surface area (Å²) < 4.78 is 10.9. The van der Waals surface area contributed by atoms with Crippen molar-refractivity contribution >= 4 is 6.01 Å². The van der Waals surface area contributed by atoms with E-state index in [9.17, 15) is 0 Å². The first kappa shape index (κ1) is 13.5. The Bertz CT molecular complexity index is 595. The van der Waals surface area contributed by atoms with Crippen molar-refractivity contribution in [3.8, 4) is 17.1 Å². The van der Waals surface area contributed by atoms with Crippen LogP contribution in [0.5, 0.6) is 5.75 Å². The molecule has 0 amide bonds. The van der Waals surface area contributed by atoms with Crippen molar-refractivity contribution < 1.29 is 9.15 Å². The smallest absolute Gasteiger partial charge is 0.292 e. The van der Waals surface area contributed by atoms with Gasteiger partial charge in [0.25, 0.3) is 6.01 Å². The normalized spacial score (nSPS) is 11.6. The number of aryl methyl sites for hydroxylation is 1. The standard InChI is InChI=1S/C15H20N2O2/c1-9-13(19-14(16)17-9)11-8-10(15(2,3)4)6-7-12(11)18-5/h6-8H,1-5H3,(H2,16,17). The first-order valence-electron chi connectivity index (χ1n) is 6.24. The number of hydrogen-bond donors (Lipinski definition) is 1. The van der Waals surface area contributed by atoms with Crippen molar-refractivity contribution in [2.24, 2.45) is 0 Å². The van der Waals surface area contributed by atoms with Gasteiger partial charge in [-0.1, -0.05) is 26.8 Å². The molecule has 1 aromatic heterocycles. The Labute approximate surface area is 113 Å². The lowest BCUT2D eigenvalue weighted by molar-refractivity contribution is 0.414. The van der Waals surface area contributed by atoms with Crippen LogP contribution >= 0.6 is 0 Å². The number of nitrogen functional groups attached to an aromatic ring is 1. The van der Waals surface area contributed by atoms with E-state index in [2.05, 4.69) is 37.9 Å². The lowest BCUT2D eigenvalue weighted by Gasteiger charge is -2.20. The molecule has 0 fully saturated rings.